The van der Waals surface area contributed by atoms with Gasteiger partial charge in [-0.05, 0) is 35.7 Å². The number of carbonyl (C=O) groups excluding carboxylic acids is 3. The summed E-state index contributed by atoms with van der Waals surface area (Å²) in [4.78, 5) is 43.4. The van der Waals surface area contributed by atoms with Crippen molar-refractivity contribution < 1.29 is 23.5 Å². The molecule has 1 aliphatic heterocycles. The largest absolute Gasteiger partial charge is 0.410 e. The molecule has 8 nitrogen and oxygen atoms in total. The van der Waals surface area contributed by atoms with Crippen molar-refractivity contribution in [3.8, 4) is 5.75 Å². The highest BCUT2D eigenvalue weighted by atomic mass is 35.5. The maximum atomic E-state index is 14.1. The van der Waals surface area contributed by atoms with Gasteiger partial charge in [-0.3, -0.25) is 14.6 Å². The Morgan fingerprint density at radius 2 is 2.09 bits per heavy atom. The molecule has 0 aliphatic carbocycles. The number of amides is 3. The van der Waals surface area contributed by atoms with E-state index in [0.29, 0.717) is 25.1 Å². The number of anilines is 1. The molecule has 176 valence electrons. The van der Waals surface area contributed by atoms with E-state index in [-0.39, 0.29) is 40.1 Å². The maximum Gasteiger partial charge on any atom is 0.410 e. The number of rotatable bonds is 6. The first-order valence-corrected chi connectivity index (χ1v) is 11.5. The minimum absolute atomic E-state index is 0.0618. The van der Waals surface area contributed by atoms with Gasteiger partial charge >= 0.3 is 6.09 Å². The molecular formula is C23H20ClFN4O4S. The lowest BCUT2D eigenvalue weighted by molar-refractivity contribution is -0.131. The molecule has 0 spiro atoms. The van der Waals surface area contributed by atoms with Crippen LogP contribution in [0.2, 0.25) is 5.02 Å². The van der Waals surface area contributed by atoms with Crippen LogP contribution in [0.3, 0.4) is 0 Å². The molecule has 11 heteroatoms. The monoisotopic (exact) mass is 502 g/mol. The second-order valence-electron chi connectivity index (χ2n) is 7.65. The molecule has 0 fully saturated rings. The molecule has 0 unspecified atom stereocenters. The number of halogens is 2. The Bertz CT molecular complexity index is 1250. The van der Waals surface area contributed by atoms with Crippen LogP contribution in [0.1, 0.15) is 21.6 Å². The summed E-state index contributed by atoms with van der Waals surface area (Å²) < 4.78 is 19.3. The molecule has 0 radical (unpaired) electrons. The lowest BCUT2D eigenvalue weighted by Crippen LogP contribution is -2.36. The Morgan fingerprint density at radius 1 is 1.26 bits per heavy atom. The molecule has 2 aromatic heterocycles. The molecule has 0 bridgehead atoms. The normalized spacial score (nSPS) is 12.7. The SMILES string of the molecule is NC(=O)Oc1c(NC(=O)Cc2ccc(Cl)cc2F)sc2c1CCN(C(=O)Cc1cccnc1)C2. The van der Waals surface area contributed by atoms with Gasteiger partial charge in [0.05, 0.1) is 19.4 Å². The van der Waals surface area contributed by atoms with Crippen molar-refractivity contribution in [3.63, 3.8) is 0 Å². The van der Waals surface area contributed by atoms with Crippen molar-refractivity contribution in [2.45, 2.75) is 25.8 Å². The predicted molar refractivity (Wildman–Crippen MR) is 125 cm³/mol. The second kappa shape index (κ2) is 10.2. The van der Waals surface area contributed by atoms with Gasteiger partial charge in [0.25, 0.3) is 0 Å². The number of aromatic nitrogens is 1. The van der Waals surface area contributed by atoms with E-state index in [0.717, 1.165) is 16.5 Å². The zero-order valence-electron chi connectivity index (χ0n) is 17.8. The fraction of sp³-hybridized carbons (Fsp3) is 0.217. The maximum absolute atomic E-state index is 14.1. The molecule has 3 amide bonds. The molecule has 0 saturated carbocycles. The van der Waals surface area contributed by atoms with Crippen LogP contribution in [0.5, 0.6) is 5.75 Å². The summed E-state index contributed by atoms with van der Waals surface area (Å²) in [6.45, 7) is 0.719. The van der Waals surface area contributed by atoms with Gasteiger partial charge in [-0.15, -0.1) is 11.3 Å². The first-order chi connectivity index (χ1) is 16.3. The van der Waals surface area contributed by atoms with Gasteiger partial charge in [0.2, 0.25) is 11.8 Å². The molecular weight excluding hydrogens is 483 g/mol. The van der Waals surface area contributed by atoms with Crippen LogP contribution < -0.4 is 15.8 Å². The van der Waals surface area contributed by atoms with E-state index in [4.69, 9.17) is 22.1 Å². The number of fused-ring (bicyclic) bond motifs is 1. The Morgan fingerprint density at radius 3 is 2.79 bits per heavy atom. The third-order valence-corrected chi connectivity index (χ3v) is 6.61. The Hall–Kier alpha value is -3.50. The van der Waals surface area contributed by atoms with Crippen molar-refractivity contribution in [1.29, 1.82) is 0 Å². The molecule has 1 aromatic carbocycles. The Labute approximate surface area is 203 Å². The van der Waals surface area contributed by atoms with Crippen LogP contribution in [-0.4, -0.2) is 34.3 Å². The lowest BCUT2D eigenvalue weighted by Gasteiger charge is -2.27. The summed E-state index contributed by atoms with van der Waals surface area (Å²) >= 11 is 6.95. The number of thiophene rings is 1. The van der Waals surface area contributed by atoms with Crippen LogP contribution in [0.25, 0.3) is 0 Å². The van der Waals surface area contributed by atoms with E-state index in [1.807, 2.05) is 6.07 Å². The van der Waals surface area contributed by atoms with Gasteiger partial charge in [0, 0.05) is 34.4 Å². The summed E-state index contributed by atoms with van der Waals surface area (Å²) in [5.74, 6) is -0.992. The quantitative estimate of drug-likeness (QED) is 0.533. The minimum Gasteiger partial charge on any atom is -0.407 e. The number of nitrogens with one attached hydrogen (secondary N) is 1. The number of ether oxygens (including phenoxy) is 1. The lowest BCUT2D eigenvalue weighted by atomic mass is 10.1. The van der Waals surface area contributed by atoms with Crippen molar-refractivity contribution >= 4 is 45.8 Å². The second-order valence-corrected chi connectivity index (χ2v) is 9.19. The zero-order valence-corrected chi connectivity index (χ0v) is 19.4. The Balaban J connectivity index is 1.51. The highest BCUT2D eigenvalue weighted by Gasteiger charge is 2.29. The first kappa shape index (κ1) is 23.7. The third kappa shape index (κ3) is 5.52. The van der Waals surface area contributed by atoms with Crippen LogP contribution in [0.4, 0.5) is 14.2 Å². The van der Waals surface area contributed by atoms with Gasteiger partial charge in [0.15, 0.2) is 5.75 Å². The third-order valence-electron chi connectivity index (χ3n) is 5.26. The fourth-order valence-electron chi connectivity index (χ4n) is 3.68. The number of carbonyl (C=O) groups is 3. The predicted octanol–water partition coefficient (Wildman–Crippen LogP) is 3.70. The summed E-state index contributed by atoms with van der Waals surface area (Å²) in [5.41, 5.74) is 6.93. The van der Waals surface area contributed by atoms with Crippen molar-refractivity contribution in [3.05, 3.63) is 75.1 Å². The van der Waals surface area contributed by atoms with Crippen molar-refractivity contribution in [2.75, 3.05) is 11.9 Å². The minimum atomic E-state index is -1.02. The standard InChI is InChI=1S/C23H20ClFN4O4S/c24-15-4-3-14(17(25)10-15)9-19(30)28-22-21(33-23(26)32)16-5-7-29(12-18(16)34-22)20(31)8-13-2-1-6-27-11-13/h1-4,6,10-11H,5,7-9,12H2,(H2,26,32)(H,28,30). The zero-order chi connectivity index (χ0) is 24.2. The fourth-order valence-corrected chi connectivity index (χ4v) is 5.04. The first-order valence-electron chi connectivity index (χ1n) is 10.3. The van der Waals surface area contributed by atoms with Gasteiger partial charge in [-0.2, -0.15) is 0 Å². The van der Waals surface area contributed by atoms with Crippen LogP contribution in [-0.2, 0) is 35.4 Å². The molecule has 0 saturated heterocycles. The summed E-state index contributed by atoms with van der Waals surface area (Å²) in [6.07, 6.45) is 2.68. The number of pyridine rings is 1. The molecule has 34 heavy (non-hydrogen) atoms. The Kier molecular flexibility index (Phi) is 7.09. The smallest absolute Gasteiger partial charge is 0.407 e. The highest BCUT2D eigenvalue weighted by Crippen LogP contribution is 2.43. The van der Waals surface area contributed by atoms with Crippen LogP contribution >= 0.6 is 22.9 Å². The van der Waals surface area contributed by atoms with Crippen molar-refractivity contribution in [2.24, 2.45) is 5.73 Å². The number of hydrogen-bond acceptors (Lipinski definition) is 6. The van der Waals surface area contributed by atoms with E-state index in [9.17, 15) is 18.8 Å². The molecule has 3 aromatic rings. The van der Waals surface area contributed by atoms with E-state index in [1.54, 1.807) is 23.4 Å². The van der Waals surface area contributed by atoms with E-state index in [1.165, 1.54) is 23.5 Å². The van der Waals surface area contributed by atoms with E-state index >= 15 is 0 Å². The van der Waals surface area contributed by atoms with Crippen LogP contribution in [0.15, 0.2) is 42.7 Å². The number of primary amides is 1. The average Bonchev–Trinajstić information content (AvgIpc) is 3.11. The molecule has 4 rings (SSSR count). The molecule has 1 aliphatic rings. The summed E-state index contributed by atoms with van der Waals surface area (Å²) in [7, 11) is 0. The summed E-state index contributed by atoms with van der Waals surface area (Å²) in [6, 6.07) is 7.67. The molecule has 3 N–H and O–H groups in total. The van der Waals surface area contributed by atoms with Gasteiger partial charge in [0.1, 0.15) is 10.8 Å². The molecule has 3 heterocycles. The van der Waals surface area contributed by atoms with E-state index < -0.39 is 17.8 Å². The van der Waals surface area contributed by atoms with Crippen molar-refractivity contribution in [1.82, 2.24) is 9.88 Å². The summed E-state index contributed by atoms with van der Waals surface area (Å²) in [5, 5.41) is 3.19. The van der Waals surface area contributed by atoms with E-state index in [2.05, 4.69) is 10.3 Å². The van der Waals surface area contributed by atoms with Crippen LogP contribution in [0, 0.1) is 5.82 Å². The number of nitrogens with zero attached hydrogens (tertiary/aromatic N) is 2. The highest BCUT2D eigenvalue weighted by molar-refractivity contribution is 7.17. The number of hydrogen-bond donors (Lipinski definition) is 2. The number of benzene rings is 1. The average molecular weight is 503 g/mol. The number of nitrogens with two attached hydrogens (primary N) is 1. The van der Waals surface area contributed by atoms with Gasteiger partial charge in [-0.25, -0.2) is 9.18 Å². The topological polar surface area (TPSA) is 115 Å². The molecule has 0 atom stereocenters. The van der Waals surface area contributed by atoms with Gasteiger partial charge < -0.3 is 20.7 Å². The van der Waals surface area contributed by atoms with Gasteiger partial charge in [-0.1, -0.05) is 23.7 Å².